The number of hydrogen-bond donors (Lipinski definition) is 1. The highest BCUT2D eigenvalue weighted by Crippen LogP contribution is 2.30. The third-order valence-corrected chi connectivity index (χ3v) is 4.73. The lowest BCUT2D eigenvalue weighted by Gasteiger charge is -2.49. The number of fused-ring (bicyclic) bond motifs is 3. The van der Waals surface area contributed by atoms with Crippen molar-refractivity contribution < 1.29 is 9.84 Å². The van der Waals surface area contributed by atoms with Gasteiger partial charge >= 0.3 is 0 Å². The SMILES string of the molecule is OC(c1ccc(OC2CC2)cc1)C1CN2CCN1CC2. The van der Waals surface area contributed by atoms with E-state index in [9.17, 15) is 5.11 Å². The predicted octanol–water partition coefficient (Wildman–Crippen LogP) is 1.26. The molecule has 3 aliphatic heterocycles. The van der Waals surface area contributed by atoms with Crippen molar-refractivity contribution in [3.63, 3.8) is 0 Å². The van der Waals surface area contributed by atoms with Gasteiger partial charge in [-0.25, -0.2) is 0 Å². The van der Waals surface area contributed by atoms with Gasteiger partial charge in [-0.05, 0) is 30.5 Å². The summed E-state index contributed by atoms with van der Waals surface area (Å²) >= 11 is 0. The van der Waals surface area contributed by atoms with E-state index in [2.05, 4.69) is 9.80 Å². The summed E-state index contributed by atoms with van der Waals surface area (Å²) in [7, 11) is 0. The molecule has 1 aromatic carbocycles. The second-order valence-electron chi connectivity index (χ2n) is 6.24. The van der Waals surface area contributed by atoms with Crippen molar-refractivity contribution in [3.05, 3.63) is 29.8 Å². The molecule has 1 aromatic rings. The third-order valence-electron chi connectivity index (χ3n) is 4.73. The van der Waals surface area contributed by atoms with Crippen LogP contribution in [0.1, 0.15) is 24.5 Å². The monoisotopic (exact) mass is 274 g/mol. The lowest BCUT2D eigenvalue weighted by atomic mass is 9.96. The Hall–Kier alpha value is -1.10. The zero-order valence-electron chi connectivity index (χ0n) is 11.7. The fourth-order valence-corrected chi connectivity index (χ4v) is 3.30. The Labute approximate surface area is 119 Å². The Kier molecular flexibility index (Phi) is 3.17. The highest BCUT2D eigenvalue weighted by atomic mass is 16.5. The van der Waals surface area contributed by atoms with Crippen LogP contribution in [0.15, 0.2) is 24.3 Å². The third kappa shape index (κ3) is 2.43. The average molecular weight is 274 g/mol. The van der Waals surface area contributed by atoms with Gasteiger partial charge in [0.2, 0.25) is 0 Å². The van der Waals surface area contributed by atoms with Crippen molar-refractivity contribution >= 4 is 0 Å². The van der Waals surface area contributed by atoms with E-state index >= 15 is 0 Å². The molecule has 0 aromatic heterocycles. The van der Waals surface area contributed by atoms with Crippen LogP contribution in [-0.2, 0) is 0 Å². The molecule has 1 N–H and O–H groups in total. The maximum Gasteiger partial charge on any atom is 0.119 e. The van der Waals surface area contributed by atoms with Gasteiger partial charge in [0, 0.05) is 32.7 Å². The van der Waals surface area contributed by atoms with Gasteiger partial charge < -0.3 is 9.84 Å². The molecular weight excluding hydrogens is 252 g/mol. The molecule has 4 aliphatic rings. The number of benzene rings is 1. The number of nitrogens with zero attached hydrogens (tertiary/aromatic N) is 2. The minimum atomic E-state index is -0.395. The lowest BCUT2D eigenvalue weighted by molar-refractivity contribution is -0.0470. The average Bonchev–Trinajstić information content (AvgIpc) is 3.32. The van der Waals surface area contributed by atoms with Crippen molar-refractivity contribution in [2.75, 3.05) is 32.7 Å². The predicted molar refractivity (Wildman–Crippen MR) is 76.9 cm³/mol. The first-order valence-corrected chi connectivity index (χ1v) is 7.71. The van der Waals surface area contributed by atoms with Crippen molar-refractivity contribution in [2.45, 2.75) is 31.1 Å². The molecule has 4 nitrogen and oxygen atoms in total. The molecule has 2 bridgehead atoms. The van der Waals surface area contributed by atoms with Gasteiger partial charge in [0.15, 0.2) is 0 Å². The Balaban J connectivity index is 1.45. The van der Waals surface area contributed by atoms with Crippen molar-refractivity contribution in [1.82, 2.24) is 9.80 Å². The van der Waals surface area contributed by atoms with Crippen molar-refractivity contribution in [1.29, 1.82) is 0 Å². The molecule has 3 heterocycles. The van der Waals surface area contributed by atoms with E-state index in [1.165, 1.54) is 12.8 Å². The number of aliphatic hydroxyl groups excluding tert-OH is 1. The summed E-state index contributed by atoms with van der Waals surface area (Å²) in [5.74, 6) is 0.928. The van der Waals surface area contributed by atoms with Crippen LogP contribution in [0.25, 0.3) is 0 Å². The smallest absolute Gasteiger partial charge is 0.119 e. The number of hydrogen-bond acceptors (Lipinski definition) is 4. The fraction of sp³-hybridized carbons (Fsp3) is 0.625. The Morgan fingerprint density at radius 2 is 1.75 bits per heavy atom. The van der Waals surface area contributed by atoms with Crippen LogP contribution in [-0.4, -0.2) is 59.8 Å². The molecule has 2 atom stereocenters. The maximum absolute atomic E-state index is 10.6. The van der Waals surface area contributed by atoms with Gasteiger partial charge in [-0.3, -0.25) is 9.80 Å². The minimum Gasteiger partial charge on any atom is -0.490 e. The summed E-state index contributed by atoms with van der Waals surface area (Å²) in [4.78, 5) is 4.89. The second kappa shape index (κ2) is 5.02. The van der Waals surface area contributed by atoms with Gasteiger partial charge in [0.25, 0.3) is 0 Å². The highest BCUT2D eigenvalue weighted by Gasteiger charge is 2.36. The van der Waals surface area contributed by atoms with Crippen LogP contribution in [0.4, 0.5) is 0 Å². The van der Waals surface area contributed by atoms with E-state index in [-0.39, 0.29) is 6.04 Å². The first-order valence-electron chi connectivity index (χ1n) is 7.71. The van der Waals surface area contributed by atoms with Crippen LogP contribution in [0.2, 0.25) is 0 Å². The molecule has 3 saturated heterocycles. The molecule has 4 heteroatoms. The van der Waals surface area contributed by atoms with Gasteiger partial charge in [-0.1, -0.05) is 12.1 Å². The molecule has 0 spiro atoms. The van der Waals surface area contributed by atoms with E-state index in [0.29, 0.717) is 6.10 Å². The summed E-state index contributed by atoms with van der Waals surface area (Å²) in [6.07, 6.45) is 2.39. The normalized spacial score (nSPS) is 34.0. The van der Waals surface area contributed by atoms with Gasteiger partial charge in [-0.2, -0.15) is 0 Å². The maximum atomic E-state index is 10.6. The topological polar surface area (TPSA) is 35.9 Å². The minimum absolute atomic E-state index is 0.243. The molecule has 1 saturated carbocycles. The van der Waals surface area contributed by atoms with Crippen LogP contribution in [0.3, 0.4) is 0 Å². The standard InChI is InChI=1S/C16H22N2O2/c19-16(15-11-17-7-9-18(15)10-8-17)12-1-3-13(4-2-12)20-14-5-6-14/h1-4,14-16,19H,5-11H2. The molecule has 5 rings (SSSR count). The lowest BCUT2D eigenvalue weighted by Crippen LogP contribution is -2.62. The molecule has 1 aliphatic carbocycles. The molecule has 108 valence electrons. The Morgan fingerprint density at radius 3 is 2.30 bits per heavy atom. The number of aliphatic hydroxyl groups is 1. The van der Waals surface area contributed by atoms with E-state index in [0.717, 1.165) is 44.0 Å². The number of rotatable bonds is 4. The Bertz CT molecular complexity index is 464. The summed E-state index contributed by atoms with van der Waals surface area (Å²) < 4.78 is 5.75. The first kappa shape index (κ1) is 12.6. The fourth-order valence-electron chi connectivity index (χ4n) is 3.30. The largest absolute Gasteiger partial charge is 0.490 e. The summed E-state index contributed by atoms with van der Waals surface area (Å²) in [5, 5.41) is 10.6. The van der Waals surface area contributed by atoms with Crippen LogP contribution < -0.4 is 4.74 Å². The van der Waals surface area contributed by atoms with Crippen LogP contribution in [0, 0.1) is 0 Å². The van der Waals surface area contributed by atoms with Gasteiger partial charge in [0.1, 0.15) is 5.75 Å². The van der Waals surface area contributed by atoms with E-state index in [4.69, 9.17) is 4.74 Å². The van der Waals surface area contributed by atoms with E-state index < -0.39 is 6.10 Å². The van der Waals surface area contributed by atoms with Crippen molar-refractivity contribution in [3.8, 4) is 5.75 Å². The summed E-state index contributed by atoms with van der Waals surface area (Å²) in [6.45, 7) is 5.46. The highest BCUT2D eigenvalue weighted by molar-refractivity contribution is 5.30. The second-order valence-corrected chi connectivity index (χ2v) is 6.24. The van der Waals surface area contributed by atoms with Gasteiger partial charge in [0.05, 0.1) is 18.2 Å². The van der Waals surface area contributed by atoms with E-state index in [1.54, 1.807) is 0 Å². The quantitative estimate of drug-likeness (QED) is 0.897. The molecule has 0 radical (unpaired) electrons. The zero-order valence-corrected chi connectivity index (χ0v) is 11.7. The number of ether oxygens (including phenoxy) is 1. The Morgan fingerprint density at radius 1 is 1.05 bits per heavy atom. The first-order chi connectivity index (χ1) is 9.79. The molecule has 20 heavy (non-hydrogen) atoms. The summed E-state index contributed by atoms with van der Waals surface area (Å²) in [6, 6.07) is 8.26. The molecule has 4 fully saturated rings. The van der Waals surface area contributed by atoms with Gasteiger partial charge in [-0.15, -0.1) is 0 Å². The zero-order chi connectivity index (χ0) is 13.5. The molecular formula is C16H22N2O2. The van der Waals surface area contributed by atoms with E-state index in [1.807, 2.05) is 24.3 Å². The van der Waals surface area contributed by atoms with Crippen LogP contribution >= 0.6 is 0 Å². The van der Waals surface area contributed by atoms with Crippen LogP contribution in [0.5, 0.6) is 5.75 Å². The number of piperazine rings is 3. The summed E-state index contributed by atoms with van der Waals surface area (Å²) in [5.41, 5.74) is 1.01. The van der Waals surface area contributed by atoms with Crippen molar-refractivity contribution in [2.24, 2.45) is 0 Å². The molecule has 0 amide bonds. The molecule has 2 unspecified atom stereocenters.